The molecule has 2 saturated heterocycles. The van der Waals surface area contributed by atoms with E-state index >= 15 is 0 Å². The van der Waals surface area contributed by atoms with E-state index in [0.717, 1.165) is 56.7 Å². The lowest BCUT2D eigenvalue weighted by Crippen LogP contribution is -2.47. The molecule has 0 spiro atoms. The molecular formula is C19H28N4O. The lowest BCUT2D eigenvalue weighted by molar-refractivity contribution is 0.183. The number of pyridine rings is 1. The maximum absolute atomic E-state index is 12.6. The van der Waals surface area contributed by atoms with Crippen molar-refractivity contribution in [1.82, 2.24) is 20.1 Å². The van der Waals surface area contributed by atoms with Crippen LogP contribution in [0.25, 0.3) is 0 Å². The molecule has 3 fully saturated rings. The second-order valence-electron chi connectivity index (χ2n) is 7.58. The molecule has 2 aliphatic heterocycles. The summed E-state index contributed by atoms with van der Waals surface area (Å²) in [5.74, 6) is 0. The number of carbonyl (C=O) groups excluding carboxylic acids is 1. The summed E-state index contributed by atoms with van der Waals surface area (Å²) in [6.07, 6.45) is 7.00. The molecule has 0 unspecified atom stereocenters. The summed E-state index contributed by atoms with van der Waals surface area (Å²) in [4.78, 5) is 21.9. The topological polar surface area (TPSA) is 48.5 Å². The van der Waals surface area contributed by atoms with E-state index in [-0.39, 0.29) is 6.03 Å². The third-order valence-electron chi connectivity index (χ3n) is 5.95. The Labute approximate surface area is 144 Å². The Morgan fingerprint density at radius 1 is 1.17 bits per heavy atom. The number of urea groups is 1. The zero-order valence-corrected chi connectivity index (χ0v) is 14.6. The van der Waals surface area contributed by atoms with Crippen molar-refractivity contribution in [2.24, 2.45) is 0 Å². The third-order valence-corrected chi connectivity index (χ3v) is 5.95. The number of nitrogens with one attached hydrogen (secondary N) is 1. The van der Waals surface area contributed by atoms with Gasteiger partial charge in [0.1, 0.15) is 0 Å². The molecule has 1 N–H and O–H groups in total. The summed E-state index contributed by atoms with van der Waals surface area (Å²) in [5.41, 5.74) is 2.22. The standard InChI is InChI=1S/C19H28N4O/c1-14-5-4-8-16(20-14)13-22-11-9-18-17(22)10-12-23(18)19(24)21-15-6-2-3-7-15/h4-5,8,15,17-18H,2-3,6-7,9-13H2,1H3,(H,21,24)/t17-,18-/m0/s1. The number of amides is 2. The first-order valence-electron chi connectivity index (χ1n) is 9.44. The number of aryl methyl sites for hydroxylation is 1. The molecule has 1 aromatic heterocycles. The number of hydrogen-bond donors (Lipinski definition) is 1. The number of nitrogens with zero attached hydrogens (tertiary/aromatic N) is 3. The van der Waals surface area contributed by atoms with Gasteiger partial charge in [0, 0.05) is 37.4 Å². The van der Waals surface area contributed by atoms with E-state index in [0.29, 0.717) is 18.1 Å². The number of aromatic nitrogens is 1. The molecule has 0 aromatic carbocycles. The summed E-state index contributed by atoms with van der Waals surface area (Å²) < 4.78 is 0. The molecule has 0 radical (unpaired) electrons. The molecule has 1 saturated carbocycles. The van der Waals surface area contributed by atoms with Gasteiger partial charge in [-0.05, 0) is 44.7 Å². The van der Waals surface area contributed by atoms with Crippen LogP contribution in [0.2, 0.25) is 0 Å². The minimum Gasteiger partial charge on any atom is -0.335 e. The highest BCUT2D eigenvalue weighted by Crippen LogP contribution is 2.32. The first-order chi connectivity index (χ1) is 11.7. The van der Waals surface area contributed by atoms with Crippen molar-refractivity contribution < 1.29 is 4.79 Å². The SMILES string of the molecule is Cc1cccc(CN2CC[C@H]3[C@@H]2CCN3C(=O)NC2CCCC2)n1. The molecule has 0 bridgehead atoms. The first kappa shape index (κ1) is 15.9. The highest BCUT2D eigenvalue weighted by Gasteiger charge is 2.44. The van der Waals surface area contributed by atoms with Gasteiger partial charge in [-0.15, -0.1) is 0 Å². The molecule has 2 atom stereocenters. The molecule has 24 heavy (non-hydrogen) atoms. The quantitative estimate of drug-likeness (QED) is 0.928. The van der Waals surface area contributed by atoms with Crippen LogP contribution in [0.3, 0.4) is 0 Å². The number of likely N-dealkylation sites (tertiary alicyclic amines) is 2. The van der Waals surface area contributed by atoms with Crippen LogP contribution >= 0.6 is 0 Å². The molecule has 130 valence electrons. The fourth-order valence-electron chi connectivity index (χ4n) is 4.75. The minimum absolute atomic E-state index is 0.171. The molecule has 3 heterocycles. The van der Waals surface area contributed by atoms with Gasteiger partial charge in [-0.2, -0.15) is 0 Å². The van der Waals surface area contributed by atoms with Gasteiger partial charge >= 0.3 is 6.03 Å². The largest absolute Gasteiger partial charge is 0.335 e. The van der Waals surface area contributed by atoms with E-state index < -0.39 is 0 Å². The normalized spacial score (nSPS) is 27.6. The van der Waals surface area contributed by atoms with E-state index in [1.165, 1.54) is 12.8 Å². The van der Waals surface area contributed by atoms with Gasteiger partial charge in [0.05, 0.1) is 11.7 Å². The zero-order chi connectivity index (χ0) is 16.5. The van der Waals surface area contributed by atoms with E-state index in [2.05, 4.69) is 32.2 Å². The molecule has 5 nitrogen and oxygen atoms in total. The van der Waals surface area contributed by atoms with Gasteiger partial charge in [0.2, 0.25) is 0 Å². The van der Waals surface area contributed by atoms with Gasteiger partial charge in [-0.1, -0.05) is 18.9 Å². The van der Waals surface area contributed by atoms with Crippen molar-refractivity contribution in [2.45, 2.75) is 70.1 Å². The maximum atomic E-state index is 12.6. The molecule has 3 aliphatic rings. The molecular weight excluding hydrogens is 300 g/mol. The van der Waals surface area contributed by atoms with Crippen molar-refractivity contribution in [3.05, 3.63) is 29.6 Å². The molecule has 4 rings (SSSR count). The average Bonchev–Trinajstić information content (AvgIpc) is 3.26. The van der Waals surface area contributed by atoms with Gasteiger partial charge < -0.3 is 10.2 Å². The summed E-state index contributed by atoms with van der Waals surface area (Å²) in [7, 11) is 0. The Kier molecular flexibility index (Phi) is 4.44. The molecule has 5 heteroatoms. The van der Waals surface area contributed by atoms with Crippen LogP contribution in [0.5, 0.6) is 0 Å². The third kappa shape index (κ3) is 3.14. The first-order valence-corrected chi connectivity index (χ1v) is 9.44. The van der Waals surface area contributed by atoms with E-state index in [4.69, 9.17) is 0 Å². The Hall–Kier alpha value is -1.62. The highest BCUT2D eigenvalue weighted by atomic mass is 16.2. The average molecular weight is 328 g/mol. The van der Waals surface area contributed by atoms with Gasteiger partial charge in [0.25, 0.3) is 0 Å². The Balaban J connectivity index is 1.37. The monoisotopic (exact) mass is 328 g/mol. The number of hydrogen-bond acceptors (Lipinski definition) is 3. The molecule has 2 amide bonds. The summed E-state index contributed by atoms with van der Waals surface area (Å²) in [6, 6.07) is 7.70. The predicted molar refractivity (Wildman–Crippen MR) is 93.7 cm³/mol. The Bertz CT molecular complexity index is 599. The van der Waals surface area contributed by atoms with E-state index in [1.807, 2.05) is 13.0 Å². The minimum atomic E-state index is 0.171. The smallest absolute Gasteiger partial charge is 0.317 e. The van der Waals surface area contributed by atoms with Crippen LogP contribution in [0.4, 0.5) is 4.79 Å². The van der Waals surface area contributed by atoms with Gasteiger partial charge in [-0.25, -0.2) is 4.79 Å². The van der Waals surface area contributed by atoms with Gasteiger partial charge in [0.15, 0.2) is 0 Å². The number of fused-ring (bicyclic) bond motifs is 1. The predicted octanol–water partition coefficient (Wildman–Crippen LogP) is 2.69. The van der Waals surface area contributed by atoms with Crippen molar-refractivity contribution in [3.8, 4) is 0 Å². The fourth-order valence-corrected chi connectivity index (χ4v) is 4.75. The van der Waals surface area contributed by atoms with Crippen LogP contribution < -0.4 is 5.32 Å². The second-order valence-corrected chi connectivity index (χ2v) is 7.58. The summed E-state index contributed by atoms with van der Waals surface area (Å²) >= 11 is 0. The van der Waals surface area contributed by atoms with Crippen LogP contribution in [0.1, 0.15) is 49.9 Å². The van der Waals surface area contributed by atoms with E-state index in [9.17, 15) is 4.79 Å². The van der Waals surface area contributed by atoms with Crippen molar-refractivity contribution in [3.63, 3.8) is 0 Å². The highest BCUT2D eigenvalue weighted by molar-refractivity contribution is 5.75. The molecule has 1 aromatic rings. The Morgan fingerprint density at radius 2 is 1.96 bits per heavy atom. The van der Waals surface area contributed by atoms with Crippen molar-refractivity contribution in [1.29, 1.82) is 0 Å². The van der Waals surface area contributed by atoms with Crippen molar-refractivity contribution in [2.75, 3.05) is 13.1 Å². The number of rotatable bonds is 3. The summed E-state index contributed by atoms with van der Waals surface area (Å²) in [6.45, 7) is 4.91. The van der Waals surface area contributed by atoms with Gasteiger partial charge in [-0.3, -0.25) is 9.88 Å². The summed E-state index contributed by atoms with van der Waals surface area (Å²) in [5, 5.41) is 3.26. The lowest BCUT2D eigenvalue weighted by Gasteiger charge is -2.27. The van der Waals surface area contributed by atoms with Crippen LogP contribution in [-0.2, 0) is 6.54 Å². The maximum Gasteiger partial charge on any atom is 0.317 e. The van der Waals surface area contributed by atoms with Crippen molar-refractivity contribution >= 4 is 6.03 Å². The number of carbonyl (C=O) groups is 1. The fraction of sp³-hybridized carbons (Fsp3) is 0.684. The second kappa shape index (κ2) is 6.71. The van der Waals surface area contributed by atoms with Crippen LogP contribution in [0, 0.1) is 6.92 Å². The molecule has 1 aliphatic carbocycles. The van der Waals surface area contributed by atoms with Crippen LogP contribution in [0.15, 0.2) is 18.2 Å². The van der Waals surface area contributed by atoms with E-state index in [1.54, 1.807) is 0 Å². The van der Waals surface area contributed by atoms with Crippen LogP contribution in [-0.4, -0.2) is 52.0 Å². The Morgan fingerprint density at radius 3 is 2.75 bits per heavy atom. The lowest BCUT2D eigenvalue weighted by atomic mass is 10.1. The zero-order valence-electron chi connectivity index (χ0n) is 14.6.